The number of carbonyl (C=O) groups is 2. The highest BCUT2D eigenvalue weighted by Crippen LogP contribution is 2.32. The van der Waals surface area contributed by atoms with Crippen LogP contribution >= 0.6 is 24.2 Å². The number of carboxylic acids is 1. The Labute approximate surface area is 235 Å². The van der Waals surface area contributed by atoms with Crippen LogP contribution < -0.4 is 10.1 Å². The molecular weight excluding hydrogens is 522 g/mol. The Kier molecular flexibility index (Phi) is 10.7. The number of hydrogen-bond donors (Lipinski definition) is 3. The van der Waals surface area contributed by atoms with Crippen LogP contribution in [0.2, 0.25) is 5.02 Å². The molecule has 204 valence electrons. The number of aromatic nitrogens is 2. The highest BCUT2D eigenvalue weighted by atomic mass is 35.5. The number of nitrogens with zero attached hydrogens (tertiary/aromatic N) is 2. The van der Waals surface area contributed by atoms with E-state index in [1.165, 1.54) is 0 Å². The smallest absolute Gasteiger partial charge is 0.336 e. The number of aromatic carboxylic acids is 1. The van der Waals surface area contributed by atoms with Gasteiger partial charge in [0.2, 0.25) is 5.91 Å². The largest absolute Gasteiger partial charge is 0.478 e. The number of carboxylic acid groups (broad SMARTS) is 1. The second-order valence-corrected chi connectivity index (χ2v) is 10.6. The molecule has 9 heteroatoms. The topological polar surface area (TPSA) is 93.5 Å². The van der Waals surface area contributed by atoms with Crippen LogP contribution in [0.15, 0.2) is 42.5 Å². The summed E-state index contributed by atoms with van der Waals surface area (Å²) in [5.41, 5.74) is 4.02. The van der Waals surface area contributed by atoms with E-state index in [1.54, 1.807) is 24.3 Å². The van der Waals surface area contributed by atoms with Crippen molar-refractivity contribution in [1.82, 2.24) is 14.9 Å². The SMILES string of the molecule is CCCOc1nc(CC)c(CNC(=O)C(S)CC(C)C)n1Cc1ccc(-c2ccccc2C(=O)O)c(Cl)c1. The van der Waals surface area contributed by atoms with Gasteiger partial charge in [0.15, 0.2) is 0 Å². The molecule has 2 aromatic carbocycles. The van der Waals surface area contributed by atoms with Crippen molar-refractivity contribution in [3.05, 3.63) is 70.0 Å². The first-order valence-corrected chi connectivity index (χ1v) is 13.8. The van der Waals surface area contributed by atoms with Crippen molar-refractivity contribution >= 4 is 36.1 Å². The third kappa shape index (κ3) is 7.32. The van der Waals surface area contributed by atoms with Gasteiger partial charge in [0.1, 0.15) is 0 Å². The molecule has 3 aromatic rings. The van der Waals surface area contributed by atoms with Gasteiger partial charge in [-0.2, -0.15) is 17.6 Å². The van der Waals surface area contributed by atoms with Crippen LogP contribution in [0.3, 0.4) is 0 Å². The van der Waals surface area contributed by atoms with Crippen LogP contribution in [-0.4, -0.2) is 38.4 Å². The van der Waals surface area contributed by atoms with E-state index in [4.69, 9.17) is 21.3 Å². The lowest BCUT2D eigenvalue weighted by Gasteiger charge is -2.17. The van der Waals surface area contributed by atoms with Crippen molar-refractivity contribution in [3.63, 3.8) is 0 Å². The highest BCUT2D eigenvalue weighted by Gasteiger charge is 2.21. The minimum absolute atomic E-state index is 0.114. The van der Waals surface area contributed by atoms with E-state index in [-0.39, 0.29) is 16.7 Å². The van der Waals surface area contributed by atoms with Gasteiger partial charge in [0, 0.05) is 10.6 Å². The van der Waals surface area contributed by atoms with Crippen molar-refractivity contribution in [2.24, 2.45) is 5.92 Å². The molecule has 1 atom stereocenters. The molecule has 0 saturated carbocycles. The highest BCUT2D eigenvalue weighted by molar-refractivity contribution is 7.81. The fourth-order valence-corrected chi connectivity index (χ4v) is 5.08. The van der Waals surface area contributed by atoms with E-state index < -0.39 is 5.97 Å². The summed E-state index contributed by atoms with van der Waals surface area (Å²) in [5, 5.41) is 12.7. The van der Waals surface area contributed by atoms with Crippen LogP contribution in [0.5, 0.6) is 6.01 Å². The van der Waals surface area contributed by atoms with Crippen LogP contribution in [0.1, 0.15) is 67.8 Å². The van der Waals surface area contributed by atoms with Gasteiger partial charge in [0.25, 0.3) is 6.01 Å². The third-order valence-electron chi connectivity index (χ3n) is 6.14. The van der Waals surface area contributed by atoms with Crippen LogP contribution in [0.25, 0.3) is 11.1 Å². The van der Waals surface area contributed by atoms with Crippen molar-refractivity contribution in [2.75, 3.05) is 6.61 Å². The minimum atomic E-state index is -1.01. The average Bonchev–Trinajstić information content (AvgIpc) is 3.21. The summed E-state index contributed by atoms with van der Waals surface area (Å²) in [6, 6.07) is 12.9. The summed E-state index contributed by atoms with van der Waals surface area (Å²) < 4.78 is 7.95. The fraction of sp³-hybridized carbons (Fsp3) is 0.414. The first kappa shape index (κ1) is 29.6. The lowest BCUT2D eigenvalue weighted by molar-refractivity contribution is -0.121. The summed E-state index contributed by atoms with van der Waals surface area (Å²) in [6.45, 7) is 9.43. The Morgan fingerprint density at radius 3 is 2.53 bits per heavy atom. The average molecular weight is 558 g/mol. The van der Waals surface area contributed by atoms with Crippen molar-refractivity contribution in [3.8, 4) is 17.1 Å². The molecule has 0 aliphatic rings. The van der Waals surface area contributed by atoms with Crippen molar-refractivity contribution in [2.45, 2.75) is 65.3 Å². The zero-order valence-corrected chi connectivity index (χ0v) is 24.0. The molecule has 0 spiro atoms. The maximum Gasteiger partial charge on any atom is 0.336 e. The Morgan fingerprint density at radius 2 is 1.89 bits per heavy atom. The standard InChI is InChI=1S/C29H36ClN3O4S/c1-5-13-37-29-32-24(6-2)25(16-31-27(34)26(38)14-18(3)4)33(29)17-19-11-12-21(23(30)15-19)20-9-7-8-10-22(20)28(35)36/h7-12,15,18,26,38H,5-6,13-14,16-17H2,1-4H3,(H,31,34)(H,35,36). The molecule has 1 unspecified atom stereocenters. The van der Waals surface area contributed by atoms with Gasteiger partial charge in [-0.25, -0.2) is 4.79 Å². The monoisotopic (exact) mass is 557 g/mol. The number of imidazole rings is 1. The van der Waals surface area contributed by atoms with Gasteiger partial charge in [0.05, 0.1) is 41.9 Å². The number of ether oxygens (including phenoxy) is 1. The fourth-order valence-electron chi connectivity index (χ4n) is 4.26. The normalized spacial score (nSPS) is 12.0. The van der Waals surface area contributed by atoms with E-state index in [2.05, 4.69) is 31.8 Å². The number of amides is 1. The van der Waals surface area contributed by atoms with E-state index in [0.717, 1.165) is 23.4 Å². The number of thiol groups is 1. The van der Waals surface area contributed by atoms with Gasteiger partial charge in [-0.3, -0.25) is 9.36 Å². The van der Waals surface area contributed by atoms with Gasteiger partial charge in [-0.05, 0) is 48.4 Å². The summed E-state index contributed by atoms with van der Waals surface area (Å²) in [7, 11) is 0. The maximum atomic E-state index is 12.7. The predicted molar refractivity (Wildman–Crippen MR) is 154 cm³/mol. The molecule has 3 rings (SSSR count). The number of nitrogens with one attached hydrogen (secondary N) is 1. The number of hydrogen-bond acceptors (Lipinski definition) is 5. The number of aryl methyl sites for hydroxylation is 1. The Hall–Kier alpha value is -2.97. The van der Waals surface area contributed by atoms with Gasteiger partial charge in [-0.15, -0.1) is 0 Å². The number of carbonyl (C=O) groups excluding carboxylic acids is 1. The summed E-state index contributed by atoms with van der Waals surface area (Å²) in [6.07, 6.45) is 2.21. The number of benzene rings is 2. The zero-order chi connectivity index (χ0) is 27.8. The second kappa shape index (κ2) is 13.7. The van der Waals surface area contributed by atoms with Crippen LogP contribution in [-0.2, 0) is 24.3 Å². The molecule has 0 aliphatic carbocycles. The summed E-state index contributed by atoms with van der Waals surface area (Å²) >= 11 is 11.1. The van der Waals surface area contributed by atoms with Gasteiger partial charge < -0.3 is 15.2 Å². The van der Waals surface area contributed by atoms with E-state index in [1.807, 2.05) is 36.6 Å². The molecule has 1 aromatic heterocycles. The first-order chi connectivity index (χ1) is 18.2. The van der Waals surface area contributed by atoms with Crippen molar-refractivity contribution < 1.29 is 19.4 Å². The lowest BCUT2D eigenvalue weighted by atomic mass is 9.98. The molecule has 0 saturated heterocycles. The van der Waals surface area contributed by atoms with Crippen LogP contribution in [0, 0.1) is 5.92 Å². The Morgan fingerprint density at radius 1 is 1.16 bits per heavy atom. The zero-order valence-electron chi connectivity index (χ0n) is 22.3. The number of rotatable bonds is 13. The molecule has 7 nitrogen and oxygen atoms in total. The van der Waals surface area contributed by atoms with Gasteiger partial charge >= 0.3 is 5.97 Å². The molecule has 2 N–H and O–H groups in total. The molecule has 0 aliphatic heterocycles. The minimum Gasteiger partial charge on any atom is -0.478 e. The predicted octanol–water partition coefficient (Wildman–Crippen LogP) is 6.26. The maximum absolute atomic E-state index is 12.7. The van der Waals surface area contributed by atoms with Crippen molar-refractivity contribution in [1.29, 1.82) is 0 Å². The quantitative estimate of drug-likeness (QED) is 0.216. The summed E-state index contributed by atoms with van der Waals surface area (Å²) in [4.78, 5) is 29.1. The first-order valence-electron chi connectivity index (χ1n) is 12.9. The van der Waals surface area contributed by atoms with E-state index >= 15 is 0 Å². The molecule has 0 bridgehead atoms. The van der Waals surface area contributed by atoms with E-state index in [9.17, 15) is 14.7 Å². The number of halogens is 1. The molecule has 0 fully saturated rings. The molecular formula is C29H36ClN3O4S. The van der Waals surface area contributed by atoms with E-state index in [0.29, 0.717) is 60.6 Å². The summed E-state index contributed by atoms with van der Waals surface area (Å²) in [5.74, 6) is -0.755. The molecule has 0 radical (unpaired) electrons. The van der Waals surface area contributed by atoms with Crippen LogP contribution in [0.4, 0.5) is 0 Å². The third-order valence-corrected chi connectivity index (χ3v) is 6.90. The molecule has 1 heterocycles. The molecule has 38 heavy (non-hydrogen) atoms. The Bertz CT molecular complexity index is 1270. The second-order valence-electron chi connectivity index (χ2n) is 9.60. The molecule has 1 amide bonds. The lowest BCUT2D eigenvalue weighted by Crippen LogP contribution is -2.32. The van der Waals surface area contributed by atoms with Gasteiger partial charge in [-0.1, -0.05) is 69.6 Å². The Balaban J connectivity index is 1.93.